The van der Waals surface area contributed by atoms with E-state index in [4.69, 9.17) is 8.06 Å². The standard InChI is InChI=1S/C19H24BNO3.C19H22NO.3C2H4O2.Pb/c1-3-15-11-17(12-16(4-2)19(15)20(23)24)21-18(13-22)10-14-8-6-5-7-9-14;1-3-15-10-16(4-2)12-18(11-15)20-19(14-21)13-17-8-6-5-7-9-17;3*1-2(3)4;/h5-9,11-13,18,21,23-24H,3-4,10H2,1-2H3;5-9,11-12,14,19-20H,3-4,13H2,1-2H3;3*1H3,(H,3,4);/q;;;;;+3/p-3/t18-;19-;;;;/m00..../s1. The molecule has 0 aliphatic heterocycles. The maximum atomic E-state index is 12.0. The molecular formula is C44H55BN2O10Pb. The maximum Gasteiger partial charge on any atom is 0.488 e. The largest absolute Gasteiger partial charge is 0.488 e. The Morgan fingerprint density at radius 3 is 1.21 bits per heavy atom. The van der Waals surface area contributed by atoms with Gasteiger partial charge in [0.1, 0.15) is 6.29 Å². The van der Waals surface area contributed by atoms with Crippen LogP contribution in [0.5, 0.6) is 0 Å². The van der Waals surface area contributed by atoms with Gasteiger partial charge in [0.05, 0.1) is 6.04 Å². The Kier molecular flexibility index (Phi) is 19.3. The van der Waals surface area contributed by atoms with Gasteiger partial charge in [0.2, 0.25) is 0 Å². The van der Waals surface area contributed by atoms with Gasteiger partial charge in [-0.25, -0.2) is 0 Å². The molecule has 4 aromatic carbocycles. The summed E-state index contributed by atoms with van der Waals surface area (Å²) in [6, 6.07) is 26.2. The van der Waals surface area contributed by atoms with Crippen LogP contribution in [-0.2, 0) is 70.6 Å². The summed E-state index contributed by atoms with van der Waals surface area (Å²) in [5.74, 6) is -2.09. The van der Waals surface area contributed by atoms with E-state index < -0.39 is 53.6 Å². The van der Waals surface area contributed by atoms with Gasteiger partial charge in [-0.05, 0) is 53.5 Å². The molecule has 0 fully saturated rings. The number of benzene rings is 4. The molecule has 4 aromatic rings. The number of rotatable bonds is 19. The Labute approximate surface area is 348 Å². The van der Waals surface area contributed by atoms with Gasteiger partial charge in [0, 0.05) is 5.69 Å². The zero-order valence-electron chi connectivity index (χ0n) is 34.4. The quantitative estimate of drug-likeness (QED) is 0.0762. The third kappa shape index (κ3) is 13.9. The minimum atomic E-state index is -5.42. The van der Waals surface area contributed by atoms with Gasteiger partial charge in [-0.15, -0.1) is 0 Å². The number of anilines is 2. The third-order valence-corrected chi connectivity index (χ3v) is 20.6. The van der Waals surface area contributed by atoms with Crippen molar-refractivity contribution in [3.8, 4) is 0 Å². The number of aldehydes is 2. The summed E-state index contributed by atoms with van der Waals surface area (Å²) >= 11 is -5.42. The first kappa shape index (κ1) is 47.5. The first-order valence-electron chi connectivity index (χ1n) is 19.5. The van der Waals surface area contributed by atoms with Crippen LogP contribution in [0.1, 0.15) is 81.8 Å². The molecular weight excluding hydrogens is 934 g/mol. The van der Waals surface area contributed by atoms with Crippen LogP contribution in [0, 0.1) is 0 Å². The van der Waals surface area contributed by atoms with Gasteiger partial charge in [0.15, 0.2) is 0 Å². The molecule has 4 N–H and O–H groups in total. The average molecular weight is 990 g/mol. The predicted molar refractivity (Wildman–Crippen MR) is 228 cm³/mol. The smallest absolute Gasteiger partial charge is 0.423 e. The minimum Gasteiger partial charge on any atom is -0.423 e. The zero-order chi connectivity index (χ0) is 42.8. The summed E-state index contributed by atoms with van der Waals surface area (Å²) in [4.78, 5) is 59.3. The molecule has 0 saturated carbocycles. The Bertz CT molecular complexity index is 1900. The van der Waals surface area contributed by atoms with Crippen LogP contribution in [0.2, 0.25) is 0 Å². The summed E-state index contributed by atoms with van der Waals surface area (Å²) in [5.41, 5.74) is 7.43. The van der Waals surface area contributed by atoms with Crippen molar-refractivity contribution in [2.45, 2.75) is 99.1 Å². The van der Waals surface area contributed by atoms with Crippen LogP contribution in [0.15, 0.2) is 84.9 Å². The number of aryl methyl sites for hydroxylation is 4. The monoisotopic (exact) mass is 990 g/mol. The van der Waals surface area contributed by atoms with E-state index in [2.05, 4.69) is 10.6 Å². The number of carbonyl (C=O) groups excluding carboxylic acids is 5. The normalized spacial score (nSPS) is 11.8. The number of hydrogen-bond donors (Lipinski definition) is 4. The van der Waals surface area contributed by atoms with Crippen molar-refractivity contribution in [3.05, 3.63) is 118 Å². The molecule has 58 heavy (non-hydrogen) atoms. The zero-order valence-corrected chi connectivity index (χ0v) is 38.3. The van der Waals surface area contributed by atoms with E-state index in [0.29, 0.717) is 52.8 Å². The van der Waals surface area contributed by atoms with Crippen LogP contribution >= 0.6 is 0 Å². The number of carbonyl (C=O) groups is 5. The van der Waals surface area contributed by atoms with E-state index in [-0.39, 0.29) is 6.04 Å². The molecule has 0 aliphatic rings. The maximum absolute atomic E-state index is 12.0. The fourth-order valence-corrected chi connectivity index (χ4v) is 17.9. The van der Waals surface area contributed by atoms with Crippen molar-refractivity contribution in [1.29, 1.82) is 0 Å². The molecule has 12 nitrogen and oxygen atoms in total. The van der Waals surface area contributed by atoms with E-state index in [9.17, 15) is 34.0 Å². The average Bonchev–Trinajstić information content (AvgIpc) is 3.19. The van der Waals surface area contributed by atoms with Gasteiger partial charge in [-0.2, -0.15) is 0 Å². The second-order valence-electron chi connectivity index (χ2n) is 13.7. The van der Waals surface area contributed by atoms with E-state index in [0.717, 1.165) is 51.6 Å². The van der Waals surface area contributed by atoms with Crippen molar-refractivity contribution < 1.29 is 42.1 Å². The van der Waals surface area contributed by atoms with Crippen LogP contribution in [0.25, 0.3) is 0 Å². The molecule has 0 saturated heterocycles. The van der Waals surface area contributed by atoms with Crippen LogP contribution in [-0.4, -0.2) is 82.3 Å². The molecule has 0 unspecified atom stereocenters. The minimum absolute atomic E-state index is 0.327. The topological polar surface area (TPSA) is 178 Å². The molecule has 4 rings (SSSR count). The molecule has 0 aliphatic carbocycles. The Morgan fingerprint density at radius 2 is 0.931 bits per heavy atom. The second kappa shape index (κ2) is 23.5. The predicted octanol–water partition coefficient (Wildman–Crippen LogP) is 4.58. The Hall–Kier alpha value is -4.86. The Morgan fingerprint density at radius 1 is 0.603 bits per heavy atom. The molecule has 0 aromatic heterocycles. The van der Waals surface area contributed by atoms with Crippen molar-refractivity contribution in [2.24, 2.45) is 0 Å². The summed E-state index contributed by atoms with van der Waals surface area (Å²) in [5, 5.41) is 25.8. The summed E-state index contributed by atoms with van der Waals surface area (Å²) in [6.07, 6.45) is 5.27. The van der Waals surface area contributed by atoms with Gasteiger partial charge >= 0.3 is 214 Å². The Balaban J connectivity index is 0.000000329. The summed E-state index contributed by atoms with van der Waals surface area (Å²) in [6.45, 7) is 11.3. The first-order chi connectivity index (χ1) is 27.7. The van der Waals surface area contributed by atoms with Gasteiger partial charge in [-0.3, -0.25) is 0 Å². The van der Waals surface area contributed by atoms with Crippen LogP contribution in [0.3, 0.4) is 0 Å². The van der Waals surface area contributed by atoms with Crippen molar-refractivity contribution in [3.63, 3.8) is 0 Å². The third-order valence-electron chi connectivity index (χ3n) is 9.20. The van der Waals surface area contributed by atoms with Gasteiger partial charge < -0.3 is 20.2 Å². The molecule has 2 atom stereocenters. The van der Waals surface area contributed by atoms with Crippen molar-refractivity contribution in [2.75, 3.05) is 10.6 Å². The van der Waals surface area contributed by atoms with E-state index in [1.807, 2.05) is 113 Å². The first-order valence-corrected chi connectivity index (χ1v) is 26.2. The molecule has 0 bridgehead atoms. The van der Waals surface area contributed by atoms with Crippen molar-refractivity contribution in [1.82, 2.24) is 0 Å². The molecule has 0 heterocycles. The fourth-order valence-electron chi connectivity index (χ4n) is 6.79. The van der Waals surface area contributed by atoms with E-state index in [1.54, 1.807) is 0 Å². The fraction of sp³-hybridized carbons (Fsp3) is 0.341. The van der Waals surface area contributed by atoms with Crippen molar-refractivity contribution >= 4 is 80.1 Å². The summed E-state index contributed by atoms with van der Waals surface area (Å²) in [7, 11) is -1.48. The second-order valence-corrected chi connectivity index (χ2v) is 22.3. The number of nitrogens with one attached hydrogen (secondary N) is 2. The van der Waals surface area contributed by atoms with Crippen LogP contribution < -0.4 is 19.2 Å². The van der Waals surface area contributed by atoms with Gasteiger partial charge in [0.25, 0.3) is 0 Å². The molecule has 14 heteroatoms. The number of hydrogen-bond acceptors (Lipinski definition) is 12. The molecule has 0 spiro atoms. The molecule has 308 valence electrons. The molecule has 0 amide bonds. The van der Waals surface area contributed by atoms with E-state index in [1.165, 1.54) is 20.8 Å². The SMILES string of the molecule is CCc1cc(N[C@H](C=O)Cc2ccccc2)cc(CC)[c]1[Pb]([O]C(C)=O)([O]C(C)=O)[O]C(C)=O.CCc1cc(N[C@H](C=O)Cc2ccccc2)cc(CC)c1B(O)O. The van der Waals surface area contributed by atoms with Gasteiger partial charge in [-0.1, -0.05) is 44.2 Å². The molecule has 0 radical (unpaired) electrons. The van der Waals surface area contributed by atoms with E-state index >= 15 is 0 Å². The van der Waals surface area contributed by atoms with Crippen LogP contribution in [0.4, 0.5) is 11.4 Å². The summed E-state index contributed by atoms with van der Waals surface area (Å²) < 4.78 is 17.2.